The van der Waals surface area contributed by atoms with Gasteiger partial charge >= 0.3 is 0 Å². The number of nitrogens with one attached hydrogen (secondary N) is 2. The Morgan fingerprint density at radius 2 is 1.58 bits per heavy atom. The fourth-order valence-electron chi connectivity index (χ4n) is 2.44. The maximum atomic E-state index is 6.06. The highest BCUT2D eigenvalue weighted by atomic mass is 35.5. The van der Waals surface area contributed by atoms with Crippen LogP contribution in [0.25, 0.3) is 0 Å². The van der Waals surface area contributed by atoms with Crippen LogP contribution in [0.5, 0.6) is 11.5 Å². The van der Waals surface area contributed by atoms with Gasteiger partial charge in [0.1, 0.15) is 17.3 Å². The van der Waals surface area contributed by atoms with Crippen molar-refractivity contribution in [3.05, 3.63) is 59.2 Å². The Balaban J connectivity index is 1.85. The average molecular weight is 371 g/mol. The summed E-state index contributed by atoms with van der Waals surface area (Å²) < 4.78 is 10.7. The molecular weight excluding hydrogens is 352 g/mol. The van der Waals surface area contributed by atoms with E-state index in [1.165, 1.54) is 0 Å². The molecule has 0 bridgehead atoms. The second-order valence-electron chi connectivity index (χ2n) is 5.56. The first-order valence-electron chi connectivity index (χ1n) is 7.94. The number of methoxy groups -OCH3 is 2. The van der Waals surface area contributed by atoms with Gasteiger partial charge in [0.05, 0.1) is 25.6 Å². The molecule has 7 heteroatoms. The Morgan fingerprint density at radius 1 is 0.885 bits per heavy atom. The third kappa shape index (κ3) is 4.15. The zero-order chi connectivity index (χ0) is 18.5. The second-order valence-corrected chi connectivity index (χ2v) is 6.00. The number of rotatable bonds is 6. The summed E-state index contributed by atoms with van der Waals surface area (Å²) in [7, 11) is 3.23. The molecule has 0 spiro atoms. The van der Waals surface area contributed by atoms with Crippen molar-refractivity contribution in [3.8, 4) is 11.5 Å². The van der Waals surface area contributed by atoms with Crippen molar-refractivity contribution in [2.75, 3.05) is 24.9 Å². The van der Waals surface area contributed by atoms with E-state index >= 15 is 0 Å². The highest BCUT2D eigenvalue weighted by Gasteiger charge is 2.08. The van der Waals surface area contributed by atoms with Crippen molar-refractivity contribution in [1.82, 2.24) is 9.97 Å². The van der Waals surface area contributed by atoms with Crippen molar-refractivity contribution in [3.63, 3.8) is 0 Å². The molecule has 26 heavy (non-hydrogen) atoms. The summed E-state index contributed by atoms with van der Waals surface area (Å²) in [6.07, 6.45) is 1.66. The quantitative estimate of drug-likeness (QED) is 0.640. The van der Waals surface area contributed by atoms with E-state index in [1.54, 1.807) is 44.7 Å². The molecule has 1 heterocycles. The molecule has 0 radical (unpaired) electrons. The van der Waals surface area contributed by atoms with Crippen molar-refractivity contribution >= 4 is 34.7 Å². The van der Waals surface area contributed by atoms with Crippen LogP contribution in [0.3, 0.4) is 0 Å². The molecule has 3 rings (SSSR count). The van der Waals surface area contributed by atoms with Gasteiger partial charge in [0.2, 0.25) is 5.95 Å². The minimum Gasteiger partial charge on any atom is -0.495 e. The van der Waals surface area contributed by atoms with Gasteiger partial charge in [0.25, 0.3) is 0 Å². The molecular formula is C19H19ClN4O2. The third-order valence-corrected chi connectivity index (χ3v) is 3.92. The van der Waals surface area contributed by atoms with Gasteiger partial charge in [-0.3, -0.25) is 0 Å². The van der Waals surface area contributed by atoms with Crippen LogP contribution in [-0.4, -0.2) is 24.2 Å². The molecule has 0 fully saturated rings. The highest BCUT2D eigenvalue weighted by molar-refractivity contribution is 6.31. The van der Waals surface area contributed by atoms with Crippen LogP contribution in [0.2, 0.25) is 5.02 Å². The summed E-state index contributed by atoms with van der Waals surface area (Å²) in [5, 5.41) is 6.97. The molecule has 1 aromatic heterocycles. The number of aryl methyl sites for hydroxylation is 1. The molecule has 0 unspecified atom stereocenters. The first kappa shape index (κ1) is 17.8. The Morgan fingerprint density at radius 3 is 2.31 bits per heavy atom. The van der Waals surface area contributed by atoms with Gasteiger partial charge in [-0.2, -0.15) is 4.98 Å². The molecule has 0 aliphatic heterocycles. The van der Waals surface area contributed by atoms with Gasteiger partial charge in [-0.05, 0) is 48.9 Å². The predicted molar refractivity (Wildman–Crippen MR) is 104 cm³/mol. The van der Waals surface area contributed by atoms with Crippen molar-refractivity contribution in [1.29, 1.82) is 0 Å². The summed E-state index contributed by atoms with van der Waals surface area (Å²) in [4.78, 5) is 8.74. The van der Waals surface area contributed by atoms with Crippen molar-refractivity contribution < 1.29 is 9.47 Å². The maximum absolute atomic E-state index is 6.06. The molecule has 6 nitrogen and oxygen atoms in total. The molecule has 0 aliphatic rings. The summed E-state index contributed by atoms with van der Waals surface area (Å²) in [6.45, 7) is 2.02. The standard InChI is InChI=1S/C19H19ClN4O2/c1-12-4-6-16(25-2)14(10-12)22-18-8-9-21-19(24-18)23-15-11-13(20)5-7-17(15)26-3/h4-11H,1-3H3,(H2,21,22,23,24). The monoisotopic (exact) mass is 370 g/mol. The molecule has 0 saturated heterocycles. The Kier molecular flexibility index (Phi) is 5.43. The van der Waals surface area contributed by atoms with Gasteiger partial charge < -0.3 is 20.1 Å². The smallest absolute Gasteiger partial charge is 0.229 e. The lowest BCUT2D eigenvalue weighted by Crippen LogP contribution is -2.02. The van der Waals surface area contributed by atoms with Crippen molar-refractivity contribution in [2.24, 2.45) is 0 Å². The van der Waals surface area contributed by atoms with E-state index in [1.807, 2.05) is 25.1 Å². The fourth-order valence-corrected chi connectivity index (χ4v) is 2.62. The van der Waals surface area contributed by atoms with Crippen LogP contribution in [0.4, 0.5) is 23.1 Å². The van der Waals surface area contributed by atoms with Gasteiger partial charge in [-0.15, -0.1) is 0 Å². The minimum atomic E-state index is 0.419. The van der Waals surface area contributed by atoms with E-state index in [0.29, 0.717) is 28.2 Å². The van der Waals surface area contributed by atoms with Gasteiger partial charge in [0.15, 0.2) is 0 Å². The van der Waals surface area contributed by atoms with Gasteiger partial charge in [0, 0.05) is 11.2 Å². The van der Waals surface area contributed by atoms with Gasteiger partial charge in [-0.1, -0.05) is 17.7 Å². The van der Waals surface area contributed by atoms with Crippen LogP contribution in [-0.2, 0) is 0 Å². The maximum Gasteiger partial charge on any atom is 0.229 e. The average Bonchev–Trinajstić information content (AvgIpc) is 2.62. The predicted octanol–water partition coefficient (Wildman–Crippen LogP) is 4.94. The summed E-state index contributed by atoms with van der Waals surface area (Å²) in [6, 6.07) is 13.0. The molecule has 2 aromatic carbocycles. The summed E-state index contributed by atoms with van der Waals surface area (Å²) in [5.41, 5.74) is 2.63. The number of halogens is 1. The van der Waals surface area contributed by atoms with E-state index in [0.717, 1.165) is 17.0 Å². The Bertz CT molecular complexity index is 847. The first-order chi connectivity index (χ1) is 12.6. The minimum absolute atomic E-state index is 0.419. The van der Waals surface area contributed by atoms with Crippen LogP contribution in [0.1, 0.15) is 5.56 Å². The van der Waals surface area contributed by atoms with E-state index in [9.17, 15) is 0 Å². The lowest BCUT2D eigenvalue weighted by atomic mass is 10.2. The molecule has 0 atom stereocenters. The van der Waals surface area contributed by atoms with E-state index in [4.69, 9.17) is 21.1 Å². The van der Waals surface area contributed by atoms with E-state index < -0.39 is 0 Å². The zero-order valence-electron chi connectivity index (χ0n) is 14.7. The summed E-state index contributed by atoms with van der Waals surface area (Å²) in [5.74, 6) is 2.44. The number of anilines is 4. The third-order valence-electron chi connectivity index (χ3n) is 3.68. The molecule has 134 valence electrons. The Hall–Kier alpha value is -2.99. The molecule has 0 aliphatic carbocycles. The lowest BCUT2D eigenvalue weighted by Gasteiger charge is -2.13. The summed E-state index contributed by atoms with van der Waals surface area (Å²) >= 11 is 6.06. The number of aromatic nitrogens is 2. The molecule has 0 saturated carbocycles. The topological polar surface area (TPSA) is 68.3 Å². The number of nitrogens with zero attached hydrogens (tertiary/aromatic N) is 2. The largest absolute Gasteiger partial charge is 0.495 e. The lowest BCUT2D eigenvalue weighted by molar-refractivity contribution is 0.416. The van der Waals surface area contributed by atoms with Crippen molar-refractivity contribution in [2.45, 2.75) is 6.92 Å². The second kappa shape index (κ2) is 7.93. The number of hydrogen-bond acceptors (Lipinski definition) is 6. The van der Waals surface area contributed by atoms with Gasteiger partial charge in [-0.25, -0.2) is 4.98 Å². The van der Waals surface area contributed by atoms with Crippen LogP contribution in [0, 0.1) is 6.92 Å². The number of hydrogen-bond donors (Lipinski definition) is 2. The number of benzene rings is 2. The number of ether oxygens (including phenoxy) is 2. The van der Waals surface area contributed by atoms with Crippen LogP contribution >= 0.6 is 11.6 Å². The normalized spacial score (nSPS) is 10.3. The van der Waals surface area contributed by atoms with E-state index in [-0.39, 0.29) is 0 Å². The SMILES string of the molecule is COc1ccc(C)cc1Nc1ccnc(Nc2cc(Cl)ccc2OC)n1. The zero-order valence-corrected chi connectivity index (χ0v) is 15.5. The Labute approximate surface area is 157 Å². The van der Waals surface area contributed by atoms with E-state index in [2.05, 4.69) is 20.6 Å². The molecule has 2 N–H and O–H groups in total. The molecule has 0 amide bonds. The first-order valence-corrected chi connectivity index (χ1v) is 8.32. The molecule has 3 aromatic rings. The van der Waals surface area contributed by atoms with Crippen LogP contribution < -0.4 is 20.1 Å². The van der Waals surface area contributed by atoms with Crippen LogP contribution in [0.15, 0.2) is 48.7 Å². The highest BCUT2D eigenvalue weighted by Crippen LogP contribution is 2.31. The fraction of sp³-hybridized carbons (Fsp3) is 0.158.